The average Bonchev–Trinajstić information content (AvgIpc) is 2.54. The lowest BCUT2D eigenvalue weighted by Crippen LogP contribution is -2.22. The van der Waals surface area contributed by atoms with Gasteiger partial charge in [0.15, 0.2) is 0 Å². The molecule has 2 rings (SSSR count). The molecule has 0 unspecified atom stereocenters. The van der Waals surface area contributed by atoms with E-state index in [-0.39, 0.29) is 18.3 Å². The molecule has 2 N–H and O–H groups in total. The van der Waals surface area contributed by atoms with Gasteiger partial charge in [0.05, 0.1) is 6.54 Å². The standard InChI is InChI=1S/C18H21FN2O/c1-3-13-6-5-7-14(4-2)18(13)20-12-17(22)21-16-10-8-15(19)9-11-16/h5-11,20H,3-4,12H2,1-2H3,(H,21,22). The van der Waals surface area contributed by atoms with Crippen LogP contribution in [0.4, 0.5) is 15.8 Å². The Hall–Kier alpha value is -2.36. The number of halogens is 1. The van der Waals surface area contributed by atoms with Gasteiger partial charge in [0.25, 0.3) is 0 Å². The number of para-hydroxylation sites is 1. The van der Waals surface area contributed by atoms with E-state index in [9.17, 15) is 9.18 Å². The average molecular weight is 300 g/mol. The van der Waals surface area contributed by atoms with Crippen molar-refractivity contribution < 1.29 is 9.18 Å². The predicted molar refractivity (Wildman–Crippen MR) is 88.7 cm³/mol. The van der Waals surface area contributed by atoms with Crippen LogP contribution in [-0.4, -0.2) is 12.5 Å². The molecule has 3 nitrogen and oxygen atoms in total. The van der Waals surface area contributed by atoms with Crippen molar-refractivity contribution in [2.75, 3.05) is 17.2 Å². The summed E-state index contributed by atoms with van der Waals surface area (Å²) in [7, 11) is 0. The second kappa shape index (κ2) is 7.59. The molecule has 0 aromatic heterocycles. The number of rotatable bonds is 6. The summed E-state index contributed by atoms with van der Waals surface area (Å²) in [6.07, 6.45) is 1.82. The predicted octanol–water partition coefficient (Wildman–Crippen LogP) is 4.00. The second-order valence-corrected chi connectivity index (χ2v) is 5.07. The van der Waals surface area contributed by atoms with E-state index in [1.165, 1.54) is 23.3 Å². The van der Waals surface area contributed by atoms with Crippen LogP contribution in [0.15, 0.2) is 42.5 Å². The molecule has 0 saturated carbocycles. The van der Waals surface area contributed by atoms with Gasteiger partial charge in [-0.15, -0.1) is 0 Å². The molecule has 2 aromatic rings. The number of amides is 1. The molecular weight excluding hydrogens is 279 g/mol. The normalized spacial score (nSPS) is 10.3. The number of carbonyl (C=O) groups excluding carboxylic acids is 1. The highest BCUT2D eigenvalue weighted by Gasteiger charge is 2.08. The lowest BCUT2D eigenvalue weighted by atomic mass is 10.0. The summed E-state index contributed by atoms with van der Waals surface area (Å²) in [5.74, 6) is -0.472. The van der Waals surface area contributed by atoms with Gasteiger partial charge in [-0.25, -0.2) is 4.39 Å². The first-order chi connectivity index (χ1) is 10.6. The molecule has 0 heterocycles. The van der Waals surface area contributed by atoms with Crippen molar-refractivity contribution >= 4 is 17.3 Å². The van der Waals surface area contributed by atoms with E-state index in [2.05, 4.69) is 36.6 Å². The topological polar surface area (TPSA) is 41.1 Å². The van der Waals surface area contributed by atoms with Gasteiger partial charge in [0, 0.05) is 11.4 Å². The Labute approximate surface area is 130 Å². The molecular formula is C18H21FN2O. The number of hydrogen-bond donors (Lipinski definition) is 2. The zero-order chi connectivity index (χ0) is 15.9. The molecule has 0 atom stereocenters. The number of benzene rings is 2. The van der Waals surface area contributed by atoms with E-state index in [4.69, 9.17) is 0 Å². The molecule has 0 aliphatic carbocycles. The zero-order valence-electron chi connectivity index (χ0n) is 12.9. The Morgan fingerprint density at radius 3 is 2.14 bits per heavy atom. The molecule has 0 bridgehead atoms. The summed E-state index contributed by atoms with van der Waals surface area (Å²) in [6, 6.07) is 11.9. The van der Waals surface area contributed by atoms with E-state index in [1.54, 1.807) is 12.1 Å². The van der Waals surface area contributed by atoms with E-state index < -0.39 is 0 Å². The minimum absolute atomic E-state index is 0.153. The van der Waals surface area contributed by atoms with Crippen molar-refractivity contribution in [1.29, 1.82) is 0 Å². The number of anilines is 2. The van der Waals surface area contributed by atoms with E-state index in [1.807, 2.05) is 6.07 Å². The summed E-state index contributed by atoms with van der Waals surface area (Å²) < 4.78 is 12.8. The molecule has 116 valence electrons. The maximum absolute atomic E-state index is 12.8. The maximum Gasteiger partial charge on any atom is 0.243 e. The Morgan fingerprint density at radius 2 is 1.59 bits per heavy atom. The number of aryl methyl sites for hydroxylation is 2. The molecule has 2 aromatic carbocycles. The smallest absolute Gasteiger partial charge is 0.243 e. The third-order valence-electron chi connectivity index (χ3n) is 3.55. The molecule has 0 aliphatic rings. The minimum Gasteiger partial charge on any atom is -0.376 e. The number of nitrogens with one attached hydrogen (secondary N) is 2. The van der Waals surface area contributed by atoms with Gasteiger partial charge >= 0.3 is 0 Å². The summed E-state index contributed by atoms with van der Waals surface area (Å²) in [5.41, 5.74) is 4.04. The number of hydrogen-bond acceptors (Lipinski definition) is 2. The summed E-state index contributed by atoms with van der Waals surface area (Å²) >= 11 is 0. The quantitative estimate of drug-likeness (QED) is 0.846. The Balaban J connectivity index is 2.00. The van der Waals surface area contributed by atoms with Gasteiger partial charge in [-0.3, -0.25) is 4.79 Å². The van der Waals surface area contributed by atoms with Crippen molar-refractivity contribution in [3.05, 3.63) is 59.4 Å². The zero-order valence-corrected chi connectivity index (χ0v) is 12.9. The van der Waals surface area contributed by atoms with Crippen molar-refractivity contribution in [2.45, 2.75) is 26.7 Å². The molecule has 0 saturated heterocycles. The highest BCUT2D eigenvalue weighted by atomic mass is 19.1. The lowest BCUT2D eigenvalue weighted by molar-refractivity contribution is -0.114. The van der Waals surface area contributed by atoms with Crippen LogP contribution in [0.2, 0.25) is 0 Å². The van der Waals surface area contributed by atoms with Gasteiger partial charge in [-0.2, -0.15) is 0 Å². The largest absolute Gasteiger partial charge is 0.376 e. The highest BCUT2D eigenvalue weighted by molar-refractivity contribution is 5.93. The molecule has 22 heavy (non-hydrogen) atoms. The minimum atomic E-state index is -0.319. The van der Waals surface area contributed by atoms with Crippen LogP contribution in [-0.2, 0) is 17.6 Å². The number of carbonyl (C=O) groups is 1. The molecule has 0 fully saturated rings. The second-order valence-electron chi connectivity index (χ2n) is 5.07. The van der Waals surface area contributed by atoms with E-state index in [0.717, 1.165) is 18.5 Å². The fourth-order valence-corrected chi connectivity index (χ4v) is 2.38. The van der Waals surface area contributed by atoms with Gasteiger partial charge in [-0.1, -0.05) is 32.0 Å². The van der Waals surface area contributed by atoms with E-state index in [0.29, 0.717) is 5.69 Å². The molecule has 4 heteroatoms. The van der Waals surface area contributed by atoms with Crippen molar-refractivity contribution in [3.8, 4) is 0 Å². The van der Waals surface area contributed by atoms with Crippen LogP contribution in [0.1, 0.15) is 25.0 Å². The summed E-state index contributed by atoms with van der Waals surface area (Å²) in [4.78, 5) is 12.0. The first kappa shape index (κ1) is 16.0. The molecule has 0 aliphatic heterocycles. The van der Waals surface area contributed by atoms with E-state index >= 15 is 0 Å². The van der Waals surface area contributed by atoms with Gasteiger partial charge in [0.1, 0.15) is 5.82 Å². The molecule has 1 amide bonds. The van der Waals surface area contributed by atoms with Gasteiger partial charge < -0.3 is 10.6 Å². The monoisotopic (exact) mass is 300 g/mol. The van der Waals surface area contributed by atoms with Crippen LogP contribution >= 0.6 is 0 Å². The lowest BCUT2D eigenvalue weighted by Gasteiger charge is -2.15. The third-order valence-corrected chi connectivity index (χ3v) is 3.55. The first-order valence-electron chi connectivity index (χ1n) is 7.54. The van der Waals surface area contributed by atoms with Crippen LogP contribution in [0.25, 0.3) is 0 Å². The van der Waals surface area contributed by atoms with Crippen LogP contribution in [0.5, 0.6) is 0 Å². The molecule has 0 radical (unpaired) electrons. The van der Waals surface area contributed by atoms with Crippen LogP contribution in [0.3, 0.4) is 0 Å². The summed E-state index contributed by atoms with van der Waals surface area (Å²) in [6.45, 7) is 4.37. The highest BCUT2D eigenvalue weighted by Crippen LogP contribution is 2.22. The van der Waals surface area contributed by atoms with Gasteiger partial charge in [-0.05, 0) is 48.2 Å². The third kappa shape index (κ3) is 4.07. The fourth-order valence-electron chi connectivity index (χ4n) is 2.38. The molecule has 0 spiro atoms. The van der Waals surface area contributed by atoms with Crippen LogP contribution in [0, 0.1) is 5.82 Å². The summed E-state index contributed by atoms with van der Waals surface area (Å²) in [5, 5.41) is 5.98. The maximum atomic E-state index is 12.8. The van der Waals surface area contributed by atoms with Gasteiger partial charge in [0.2, 0.25) is 5.91 Å². The Morgan fingerprint density at radius 1 is 1.00 bits per heavy atom. The Kier molecular flexibility index (Phi) is 5.53. The SMILES string of the molecule is CCc1cccc(CC)c1NCC(=O)Nc1ccc(F)cc1. The van der Waals surface area contributed by atoms with Crippen molar-refractivity contribution in [1.82, 2.24) is 0 Å². The van der Waals surface area contributed by atoms with Crippen molar-refractivity contribution in [3.63, 3.8) is 0 Å². The van der Waals surface area contributed by atoms with Crippen LogP contribution < -0.4 is 10.6 Å². The first-order valence-corrected chi connectivity index (χ1v) is 7.54. The Bertz CT molecular complexity index is 616. The van der Waals surface area contributed by atoms with Crippen molar-refractivity contribution in [2.24, 2.45) is 0 Å². The fraction of sp³-hybridized carbons (Fsp3) is 0.278.